The zero-order valence-electron chi connectivity index (χ0n) is 10.6. The van der Waals surface area contributed by atoms with Crippen LogP contribution in [-0.4, -0.2) is 10.4 Å². The molecular weight excluding hydrogens is 222 g/mol. The molecule has 90 valence electrons. The third-order valence-corrected chi connectivity index (χ3v) is 3.49. The van der Waals surface area contributed by atoms with Gasteiger partial charge in [-0.15, -0.1) is 0 Å². The van der Waals surface area contributed by atoms with Gasteiger partial charge in [0.15, 0.2) is 5.78 Å². The van der Waals surface area contributed by atoms with Crippen LogP contribution in [0.5, 0.6) is 0 Å². The molecule has 0 saturated carbocycles. The number of hydrogen-bond donors (Lipinski definition) is 0. The van der Waals surface area contributed by atoms with Crippen molar-refractivity contribution in [1.82, 2.24) is 4.57 Å². The van der Waals surface area contributed by atoms with Crippen LogP contribution in [0.1, 0.15) is 24.2 Å². The van der Waals surface area contributed by atoms with Crippen LogP contribution in [0.2, 0.25) is 0 Å². The van der Waals surface area contributed by atoms with Crippen molar-refractivity contribution in [2.75, 3.05) is 0 Å². The lowest BCUT2D eigenvalue weighted by Gasteiger charge is -2.06. The molecule has 0 bridgehead atoms. The van der Waals surface area contributed by atoms with Gasteiger partial charge in [-0.25, -0.2) is 0 Å². The second-order valence-electron chi connectivity index (χ2n) is 4.52. The summed E-state index contributed by atoms with van der Waals surface area (Å²) in [7, 11) is 0. The van der Waals surface area contributed by atoms with Crippen LogP contribution in [-0.2, 0) is 6.54 Å². The third kappa shape index (κ3) is 1.39. The largest absolute Gasteiger partial charge is 0.340 e. The summed E-state index contributed by atoms with van der Waals surface area (Å²) in [6.45, 7) is 4.61. The maximum atomic E-state index is 11.8. The minimum Gasteiger partial charge on any atom is -0.340 e. The summed E-state index contributed by atoms with van der Waals surface area (Å²) in [5, 5.41) is 2.39. The Kier molecular flexibility index (Phi) is 2.44. The van der Waals surface area contributed by atoms with Crippen LogP contribution in [0, 0.1) is 0 Å². The van der Waals surface area contributed by atoms with Crippen molar-refractivity contribution in [2.45, 2.75) is 20.4 Å². The van der Waals surface area contributed by atoms with Gasteiger partial charge in [0.2, 0.25) is 0 Å². The quantitative estimate of drug-likeness (QED) is 0.617. The Bertz CT molecular complexity index is 752. The number of benzene rings is 2. The van der Waals surface area contributed by atoms with Gasteiger partial charge in [0.1, 0.15) is 0 Å². The van der Waals surface area contributed by atoms with Crippen LogP contribution in [0.4, 0.5) is 0 Å². The Morgan fingerprint density at radius 2 is 1.78 bits per heavy atom. The minimum atomic E-state index is 0.123. The number of carbonyl (C=O) groups is 1. The number of aryl methyl sites for hydroxylation is 1. The Labute approximate surface area is 106 Å². The summed E-state index contributed by atoms with van der Waals surface area (Å²) in [5.41, 5.74) is 3.07. The summed E-state index contributed by atoms with van der Waals surface area (Å²) in [6, 6.07) is 14.3. The van der Waals surface area contributed by atoms with Crippen LogP contribution in [0.3, 0.4) is 0 Å². The van der Waals surface area contributed by atoms with E-state index < -0.39 is 0 Å². The maximum Gasteiger partial charge on any atom is 0.161 e. The molecule has 2 nitrogen and oxygen atoms in total. The lowest BCUT2D eigenvalue weighted by molar-refractivity contribution is 0.101. The number of nitrogens with zero attached hydrogens (tertiary/aromatic N) is 1. The lowest BCUT2D eigenvalue weighted by Crippen LogP contribution is -2.00. The monoisotopic (exact) mass is 237 g/mol. The van der Waals surface area contributed by atoms with Crippen molar-refractivity contribution in [3.05, 3.63) is 48.0 Å². The number of ketones is 1. The summed E-state index contributed by atoms with van der Waals surface area (Å²) in [6.07, 6.45) is 0. The lowest BCUT2D eigenvalue weighted by atomic mass is 10.1. The Morgan fingerprint density at radius 3 is 2.50 bits per heavy atom. The number of aromatic nitrogens is 1. The number of fused-ring (bicyclic) bond motifs is 3. The smallest absolute Gasteiger partial charge is 0.161 e. The Hall–Kier alpha value is -2.09. The van der Waals surface area contributed by atoms with Gasteiger partial charge in [-0.05, 0) is 26.0 Å². The van der Waals surface area contributed by atoms with E-state index in [4.69, 9.17) is 0 Å². The van der Waals surface area contributed by atoms with Gasteiger partial charge in [-0.2, -0.15) is 0 Å². The highest BCUT2D eigenvalue weighted by atomic mass is 16.1. The van der Waals surface area contributed by atoms with Crippen molar-refractivity contribution in [3.8, 4) is 0 Å². The van der Waals surface area contributed by atoms with Crippen LogP contribution >= 0.6 is 0 Å². The van der Waals surface area contributed by atoms with E-state index in [1.807, 2.05) is 24.3 Å². The maximum absolute atomic E-state index is 11.8. The van der Waals surface area contributed by atoms with E-state index in [1.165, 1.54) is 16.3 Å². The van der Waals surface area contributed by atoms with E-state index in [9.17, 15) is 4.79 Å². The summed E-state index contributed by atoms with van der Waals surface area (Å²) >= 11 is 0. The normalized spacial score (nSPS) is 11.2. The summed E-state index contributed by atoms with van der Waals surface area (Å²) < 4.78 is 2.22. The van der Waals surface area contributed by atoms with Crippen molar-refractivity contribution in [2.24, 2.45) is 0 Å². The SMILES string of the molecule is CCn1c2ccccc2c2cccc(C(C)=O)c21. The molecule has 2 heteroatoms. The highest BCUT2D eigenvalue weighted by Crippen LogP contribution is 2.31. The van der Waals surface area contributed by atoms with E-state index in [1.54, 1.807) is 6.92 Å². The number of Topliss-reactive ketones (excluding diaryl/α,β-unsaturated/α-hetero) is 1. The third-order valence-electron chi connectivity index (χ3n) is 3.49. The molecule has 18 heavy (non-hydrogen) atoms. The molecule has 0 aliphatic carbocycles. The van der Waals surface area contributed by atoms with Crippen LogP contribution < -0.4 is 0 Å². The number of carbonyl (C=O) groups excluding carboxylic acids is 1. The average molecular weight is 237 g/mol. The standard InChI is InChI=1S/C16H15NO/c1-3-17-15-10-5-4-7-13(15)14-9-6-8-12(11(2)18)16(14)17/h4-10H,3H2,1-2H3. The van der Waals surface area contributed by atoms with E-state index in [0.717, 1.165) is 17.6 Å². The fraction of sp³-hybridized carbons (Fsp3) is 0.188. The van der Waals surface area contributed by atoms with E-state index in [0.29, 0.717) is 0 Å². The molecule has 0 radical (unpaired) electrons. The molecule has 0 fully saturated rings. The predicted molar refractivity (Wildman–Crippen MR) is 75.1 cm³/mol. The second kappa shape index (κ2) is 3.98. The van der Waals surface area contributed by atoms with E-state index >= 15 is 0 Å². The van der Waals surface area contributed by atoms with Crippen molar-refractivity contribution < 1.29 is 4.79 Å². The highest BCUT2D eigenvalue weighted by Gasteiger charge is 2.14. The van der Waals surface area contributed by atoms with Crippen molar-refractivity contribution in [3.63, 3.8) is 0 Å². The topological polar surface area (TPSA) is 22.0 Å². The molecule has 0 aliphatic heterocycles. The summed E-state index contributed by atoms with van der Waals surface area (Å²) in [5.74, 6) is 0.123. The van der Waals surface area contributed by atoms with Crippen LogP contribution in [0.15, 0.2) is 42.5 Å². The Balaban J connectivity index is 2.60. The second-order valence-corrected chi connectivity index (χ2v) is 4.52. The van der Waals surface area contributed by atoms with Crippen molar-refractivity contribution >= 4 is 27.6 Å². The number of rotatable bonds is 2. The summed E-state index contributed by atoms with van der Waals surface area (Å²) in [4.78, 5) is 11.8. The zero-order valence-corrected chi connectivity index (χ0v) is 10.6. The zero-order chi connectivity index (χ0) is 12.7. The molecule has 2 aromatic carbocycles. The molecule has 0 spiro atoms. The Morgan fingerprint density at radius 1 is 1.06 bits per heavy atom. The fourth-order valence-corrected chi connectivity index (χ4v) is 2.72. The predicted octanol–water partition coefficient (Wildman–Crippen LogP) is 4.02. The van der Waals surface area contributed by atoms with Gasteiger partial charge < -0.3 is 4.57 Å². The first kappa shape index (κ1) is 11.0. The molecule has 0 saturated heterocycles. The van der Waals surface area contributed by atoms with Gasteiger partial charge in [0.25, 0.3) is 0 Å². The molecule has 1 aromatic heterocycles. The molecule has 0 atom stereocenters. The fourth-order valence-electron chi connectivity index (χ4n) is 2.72. The molecule has 0 N–H and O–H groups in total. The van der Waals surface area contributed by atoms with E-state index in [2.05, 4.69) is 29.7 Å². The molecule has 0 aliphatic rings. The van der Waals surface area contributed by atoms with Gasteiger partial charge in [0, 0.05) is 28.4 Å². The van der Waals surface area contributed by atoms with Crippen LogP contribution in [0.25, 0.3) is 21.8 Å². The molecule has 0 amide bonds. The van der Waals surface area contributed by atoms with Gasteiger partial charge in [0.05, 0.1) is 5.52 Å². The first-order valence-corrected chi connectivity index (χ1v) is 6.25. The number of para-hydroxylation sites is 2. The molecule has 0 unspecified atom stereocenters. The number of hydrogen-bond acceptors (Lipinski definition) is 1. The van der Waals surface area contributed by atoms with E-state index in [-0.39, 0.29) is 5.78 Å². The van der Waals surface area contributed by atoms with Gasteiger partial charge in [-0.1, -0.05) is 30.3 Å². The molecule has 3 aromatic rings. The van der Waals surface area contributed by atoms with Crippen molar-refractivity contribution in [1.29, 1.82) is 0 Å². The highest BCUT2D eigenvalue weighted by molar-refractivity contribution is 6.15. The van der Waals surface area contributed by atoms with Gasteiger partial charge in [-0.3, -0.25) is 4.79 Å². The molecule has 3 rings (SSSR count). The minimum absolute atomic E-state index is 0.123. The first-order valence-electron chi connectivity index (χ1n) is 6.25. The first-order chi connectivity index (χ1) is 8.74. The van der Waals surface area contributed by atoms with Gasteiger partial charge >= 0.3 is 0 Å². The molecule has 1 heterocycles. The average Bonchev–Trinajstić information content (AvgIpc) is 2.72. The molecular formula is C16H15NO.